The maximum absolute atomic E-state index is 9.58. The normalized spacial score (nSPS) is 12.9. The molecule has 0 aliphatic rings. The molecule has 1 N–H and O–H groups in total. The fourth-order valence-corrected chi connectivity index (χ4v) is 1.29. The predicted octanol–water partition coefficient (Wildman–Crippen LogP) is 2.57. The minimum atomic E-state index is -0.476. The van der Waals surface area contributed by atoms with E-state index < -0.39 is 6.10 Å². The van der Waals surface area contributed by atoms with Crippen molar-refractivity contribution >= 4 is 11.6 Å². The third-order valence-corrected chi connectivity index (χ3v) is 2.06. The van der Waals surface area contributed by atoms with Crippen LogP contribution in [0.1, 0.15) is 31.4 Å². The largest absolute Gasteiger partial charge is 0.388 e. The van der Waals surface area contributed by atoms with E-state index in [1.54, 1.807) is 18.5 Å². The van der Waals surface area contributed by atoms with E-state index in [1.807, 2.05) is 6.92 Å². The number of pyridine rings is 1. The van der Waals surface area contributed by atoms with Crippen molar-refractivity contribution in [1.82, 2.24) is 4.98 Å². The first kappa shape index (κ1) is 9.49. The highest BCUT2D eigenvalue weighted by molar-refractivity contribution is 6.31. The summed E-state index contributed by atoms with van der Waals surface area (Å²) < 4.78 is 0. The monoisotopic (exact) mass is 185 g/mol. The summed E-state index contributed by atoms with van der Waals surface area (Å²) in [6.45, 7) is 2.02. The maximum atomic E-state index is 9.58. The second kappa shape index (κ2) is 4.43. The van der Waals surface area contributed by atoms with Gasteiger partial charge >= 0.3 is 0 Å². The summed E-state index contributed by atoms with van der Waals surface area (Å²) in [7, 11) is 0. The highest BCUT2D eigenvalue weighted by Crippen LogP contribution is 2.24. The van der Waals surface area contributed by atoms with E-state index >= 15 is 0 Å². The van der Waals surface area contributed by atoms with Gasteiger partial charge in [-0.25, -0.2) is 0 Å². The van der Waals surface area contributed by atoms with Crippen LogP contribution in [0.3, 0.4) is 0 Å². The molecule has 0 aromatic carbocycles. The van der Waals surface area contributed by atoms with E-state index in [-0.39, 0.29) is 0 Å². The lowest BCUT2D eigenvalue weighted by molar-refractivity contribution is 0.166. The molecular weight excluding hydrogens is 174 g/mol. The molecule has 1 aromatic heterocycles. The van der Waals surface area contributed by atoms with Gasteiger partial charge in [-0.3, -0.25) is 4.98 Å². The third-order valence-electron chi connectivity index (χ3n) is 1.72. The molecule has 0 bridgehead atoms. The minimum Gasteiger partial charge on any atom is -0.388 e. The highest BCUT2D eigenvalue weighted by Gasteiger charge is 2.09. The van der Waals surface area contributed by atoms with E-state index in [0.717, 1.165) is 18.4 Å². The first-order valence-corrected chi connectivity index (χ1v) is 4.41. The van der Waals surface area contributed by atoms with Crippen molar-refractivity contribution in [2.24, 2.45) is 0 Å². The molecule has 0 spiro atoms. The van der Waals surface area contributed by atoms with Crippen LogP contribution in [0.2, 0.25) is 5.02 Å². The van der Waals surface area contributed by atoms with E-state index in [2.05, 4.69) is 4.98 Å². The van der Waals surface area contributed by atoms with Gasteiger partial charge in [0.15, 0.2) is 0 Å². The van der Waals surface area contributed by atoms with Gasteiger partial charge < -0.3 is 5.11 Å². The Labute approximate surface area is 77.2 Å². The quantitative estimate of drug-likeness (QED) is 0.785. The van der Waals surface area contributed by atoms with E-state index in [0.29, 0.717) is 5.02 Å². The molecule has 0 radical (unpaired) electrons. The summed E-state index contributed by atoms with van der Waals surface area (Å²) in [5.74, 6) is 0. The molecule has 3 heteroatoms. The maximum Gasteiger partial charge on any atom is 0.0819 e. The summed E-state index contributed by atoms with van der Waals surface area (Å²) in [6.07, 6.45) is 4.42. The summed E-state index contributed by atoms with van der Waals surface area (Å²) in [4.78, 5) is 3.90. The standard InChI is InChI=1S/C9H12ClNO/c1-2-3-9(12)7-6-11-5-4-8(7)10/h4-6,9,12H,2-3H2,1H3. The van der Waals surface area contributed by atoms with Gasteiger partial charge in [-0.2, -0.15) is 0 Å². The van der Waals surface area contributed by atoms with Crippen LogP contribution in [0.15, 0.2) is 18.5 Å². The van der Waals surface area contributed by atoms with Crippen molar-refractivity contribution in [3.05, 3.63) is 29.0 Å². The minimum absolute atomic E-state index is 0.476. The fourth-order valence-electron chi connectivity index (χ4n) is 1.06. The number of aliphatic hydroxyl groups is 1. The van der Waals surface area contributed by atoms with Gasteiger partial charge in [0.1, 0.15) is 0 Å². The zero-order valence-corrected chi connectivity index (χ0v) is 7.75. The van der Waals surface area contributed by atoms with Crippen LogP contribution < -0.4 is 0 Å². The molecule has 0 fully saturated rings. The van der Waals surface area contributed by atoms with Crippen molar-refractivity contribution in [3.8, 4) is 0 Å². The number of halogens is 1. The lowest BCUT2D eigenvalue weighted by atomic mass is 10.1. The number of aliphatic hydroxyl groups excluding tert-OH is 1. The Kier molecular flexibility index (Phi) is 3.50. The van der Waals surface area contributed by atoms with Crippen LogP contribution in [0.5, 0.6) is 0 Å². The van der Waals surface area contributed by atoms with Crippen LogP contribution in [0.25, 0.3) is 0 Å². The van der Waals surface area contributed by atoms with Crippen molar-refractivity contribution in [3.63, 3.8) is 0 Å². The van der Waals surface area contributed by atoms with Crippen molar-refractivity contribution in [2.45, 2.75) is 25.9 Å². The van der Waals surface area contributed by atoms with Gasteiger partial charge in [0.2, 0.25) is 0 Å². The molecule has 1 aromatic rings. The molecule has 0 saturated carbocycles. The predicted molar refractivity (Wildman–Crippen MR) is 49.1 cm³/mol. The van der Waals surface area contributed by atoms with E-state index in [4.69, 9.17) is 11.6 Å². The van der Waals surface area contributed by atoms with Crippen LogP contribution >= 0.6 is 11.6 Å². The molecule has 1 rings (SSSR count). The Bertz CT molecular complexity index is 252. The highest BCUT2D eigenvalue weighted by atomic mass is 35.5. The molecule has 12 heavy (non-hydrogen) atoms. The summed E-state index contributed by atoms with van der Waals surface area (Å²) in [6, 6.07) is 1.69. The summed E-state index contributed by atoms with van der Waals surface area (Å²) >= 11 is 5.85. The number of aromatic nitrogens is 1. The second-order valence-electron chi connectivity index (χ2n) is 2.70. The van der Waals surface area contributed by atoms with Crippen LogP contribution in [0, 0.1) is 0 Å². The number of hydrogen-bond acceptors (Lipinski definition) is 2. The van der Waals surface area contributed by atoms with Crippen molar-refractivity contribution < 1.29 is 5.11 Å². The summed E-state index contributed by atoms with van der Waals surface area (Å²) in [5.41, 5.74) is 0.723. The zero-order valence-electron chi connectivity index (χ0n) is 7.00. The van der Waals surface area contributed by atoms with Gasteiger partial charge in [-0.1, -0.05) is 24.9 Å². The molecule has 0 aliphatic carbocycles. The van der Waals surface area contributed by atoms with E-state index in [9.17, 15) is 5.11 Å². The lowest BCUT2D eigenvalue weighted by Crippen LogP contribution is -1.97. The lowest BCUT2D eigenvalue weighted by Gasteiger charge is -2.09. The molecule has 1 unspecified atom stereocenters. The SMILES string of the molecule is CCCC(O)c1cnccc1Cl. The van der Waals surface area contributed by atoms with E-state index in [1.165, 1.54) is 0 Å². The van der Waals surface area contributed by atoms with Crippen LogP contribution in [0.4, 0.5) is 0 Å². The average Bonchev–Trinajstić information content (AvgIpc) is 2.05. The Hall–Kier alpha value is -0.600. The molecule has 0 aliphatic heterocycles. The molecule has 2 nitrogen and oxygen atoms in total. The molecule has 0 saturated heterocycles. The third kappa shape index (κ3) is 2.19. The Morgan fingerprint density at radius 3 is 3.00 bits per heavy atom. The smallest absolute Gasteiger partial charge is 0.0819 e. The van der Waals surface area contributed by atoms with Crippen molar-refractivity contribution in [1.29, 1.82) is 0 Å². The first-order valence-electron chi connectivity index (χ1n) is 4.03. The number of nitrogens with zero attached hydrogens (tertiary/aromatic N) is 1. The van der Waals surface area contributed by atoms with Crippen LogP contribution in [-0.4, -0.2) is 10.1 Å². The molecule has 1 atom stereocenters. The Balaban J connectivity index is 2.79. The summed E-state index contributed by atoms with van der Waals surface area (Å²) in [5, 5.41) is 10.2. The number of rotatable bonds is 3. The van der Waals surface area contributed by atoms with Crippen molar-refractivity contribution in [2.75, 3.05) is 0 Å². The Morgan fingerprint density at radius 2 is 2.42 bits per heavy atom. The topological polar surface area (TPSA) is 33.1 Å². The van der Waals surface area contributed by atoms with Gasteiger partial charge in [-0.05, 0) is 12.5 Å². The molecular formula is C9H12ClNO. The van der Waals surface area contributed by atoms with Gasteiger partial charge in [0.25, 0.3) is 0 Å². The second-order valence-corrected chi connectivity index (χ2v) is 3.11. The van der Waals surface area contributed by atoms with Gasteiger partial charge in [-0.15, -0.1) is 0 Å². The molecule has 0 amide bonds. The number of hydrogen-bond donors (Lipinski definition) is 1. The fraction of sp³-hybridized carbons (Fsp3) is 0.444. The Morgan fingerprint density at radius 1 is 1.67 bits per heavy atom. The van der Waals surface area contributed by atoms with Crippen LogP contribution in [-0.2, 0) is 0 Å². The zero-order chi connectivity index (χ0) is 8.97. The molecule has 66 valence electrons. The molecule has 1 heterocycles. The van der Waals surface area contributed by atoms with Gasteiger partial charge in [0.05, 0.1) is 6.10 Å². The van der Waals surface area contributed by atoms with Gasteiger partial charge in [0, 0.05) is 23.0 Å². The average molecular weight is 186 g/mol. The first-order chi connectivity index (χ1) is 5.75.